The Hall–Kier alpha value is -3.39. The highest BCUT2D eigenvalue weighted by atomic mass is 35.5. The summed E-state index contributed by atoms with van der Waals surface area (Å²) in [6.45, 7) is 6.60. The van der Waals surface area contributed by atoms with Crippen LogP contribution in [0.2, 0.25) is 5.02 Å². The summed E-state index contributed by atoms with van der Waals surface area (Å²) in [5.74, 6) is 0.523. The van der Waals surface area contributed by atoms with Crippen LogP contribution in [0, 0.1) is 24.0 Å². The first-order chi connectivity index (χ1) is 14.9. The minimum Gasteiger partial charge on any atom is -0.368 e. The molecule has 0 unspecified atom stereocenters. The molecule has 0 saturated carbocycles. The van der Waals surface area contributed by atoms with Gasteiger partial charge in [-0.2, -0.15) is 0 Å². The monoisotopic (exact) mass is 438 g/mol. The summed E-state index contributed by atoms with van der Waals surface area (Å²) < 4.78 is 0. The number of nitrogens with one attached hydrogen (secondary N) is 1. The van der Waals surface area contributed by atoms with Crippen molar-refractivity contribution >= 4 is 40.3 Å². The number of halogens is 1. The van der Waals surface area contributed by atoms with Crippen molar-refractivity contribution in [2.75, 3.05) is 41.3 Å². The van der Waals surface area contributed by atoms with Gasteiger partial charge < -0.3 is 15.1 Å². The fourth-order valence-corrected chi connectivity index (χ4v) is 4.08. The molecule has 0 atom stereocenters. The number of benzene rings is 2. The predicted molar refractivity (Wildman–Crippen MR) is 124 cm³/mol. The molecule has 1 aliphatic rings. The Morgan fingerprint density at radius 1 is 1.00 bits per heavy atom. The lowest BCUT2D eigenvalue weighted by Crippen LogP contribution is -2.47. The maximum absolute atomic E-state index is 12.0. The van der Waals surface area contributed by atoms with Crippen molar-refractivity contribution in [2.45, 2.75) is 13.8 Å². The van der Waals surface area contributed by atoms with E-state index in [1.807, 2.05) is 61.2 Å². The molecular formula is C22H23ClN6O2. The van der Waals surface area contributed by atoms with Gasteiger partial charge in [-0.25, -0.2) is 9.97 Å². The third kappa shape index (κ3) is 4.69. The number of hydrogen-bond donors (Lipinski definition) is 1. The summed E-state index contributed by atoms with van der Waals surface area (Å²) in [4.78, 5) is 24.1. The minimum atomic E-state index is -0.413. The van der Waals surface area contributed by atoms with E-state index in [-0.39, 0.29) is 11.5 Å². The Kier molecular flexibility index (Phi) is 5.90. The summed E-state index contributed by atoms with van der Waals surface area (Å²) in [6.07, 6.45) is 1.37. The zero-order valence-corrected chi connectivity index (χ0v) is 18.1. The van der Waals surface area contributed by atoms with Gasteiger partial charge in [-0.05, 0) is 55.3 Å². The highest BCUT2D eigenvalue weighted by molar-refractivity contribution is 6.30. The molecule has 3 aromatic rings. The van der Waals surface area contributed by atoms with Gasteiger partial charge in [0.05, 0.1) is 4.92 Å². The van der Waals surface area contributed by atoms with Crippen LogP contribution in [0.4, 0.5) is 28.7 Å². The second-order valence-electron chi connectivity index (χ2n) is 7.61. The van der Waals surface area contributed by atoms with Crippen LogP contribution in [0.3, 0.4) is 0 Å². The molecule has 1 saturated heterocycles. The number of rotatable bonds is 5. The molecule has 31 heavy (non-hydrogen) atoms. The molecule has 1 fully saturated rings. The van der Waals surface area contributed by atoms with Gasteiger partial charge in [-0.3, -0.25) is 10.1 Å². The second kappa shape index (κ2) is 8.77. The lowest BCUT2D eigenvalue weighted by Gasteiger charge is -2.36. The summed E-state index contributed by atoms with van der Waals surface area (Å²) in [7, 11) is 0. The molecule has 2 heterocycles. The lowest BCUT2D eigenvalue weighted by atomic mass is 10.1. The van der Waals surface area contributed by atoms with Crippen LogP contribution >= 0.6 is 11.6 Å². The number of aryl methyl sites for hydroxylation is 2. The number of nitro groups is 1. The van der Waals surface area contributed by atoms with E-state index in [1.54, 1.807) is 0 Å². The first-order valence-electron chi connectivity index (χ1n) is 10.0. The molecule has 0 radical (unpaired) electrons. The Balaban J connectivity index is 1.57. The van der Waals surface area contributed by atoms with Gasteiger partial charge in [-0.15, -0.1) is 0 Å². The number of anilines is 4. The Morgan fingerprint density at radius 3 is 2.32 bits per heavy atom. The fourth-order valence-electron chi connectivity index (χ4n) is 3.89. The highest BCUT2D eigenvalue weighted by Gasteiger charge is 2.29. The third-order valence-corrected chi connectivity index (χ3v) is 5.46. The number of piperazine rings is 1. The van der Waals surface area contributed by atoms with Crippen LogP contribution in [0.25, 0.3) is 0 Å². The summed E-state index contributed by atoms with van der Waals surface area (Å²) in [6, 6.07) is 13.6. The van der Waals surface area contributed by atoms with Crippen LogP contribution in [0.1, 0.15) is 11.1 Å². The molecule has 0 spiro atoms. The van der Waals surface area contributed by atoms with E-state index in [2.05, 4.69) is 20.2 Å². The second-order valence-corrected chi connectivity index (χ2v) is 8.04. The van der Waals surface area contributed by atoms with Gasteiger partial charge in [-0.1, -0.05) is 23.7 Å². The summed E-state index contributed by atoms with van der Waals surface area (Å²) >= 11 is 6.11. The van der Waals surface area contributed by atoms with Crippen molar-refractivity contribution in [1.82, 2.24) is 9.97 Å². The SMILES string of the molecule is Cc1cc(C)cc(Nc2ncnc(N3CCN(c4cccc(Cl)c4)CC3)c2[N+](=O)[O-])c1. The van der Waals surface area contributed by atoms with E-state index in [0.717, 1.165) is 22.5 Å². The van der Waals surface area contributed by atoms with Gasteiger partial charge in [0.2, 0.25) is 11.6 Å². The summed E-state index contributed by atoms with van der Waals surface area (Å²) in [5.41, 5.74) is 3.82. The first-order valence-corrected chi connectivity index (χ1v) is 10.4. The van der Waals surface area contributed by atoms with Crippen molar-refractivity contribution in [1.29, 1.82) is 0 Å². The normalized spacial score (nSPS) is 13.9. The van der Waals surface area contributed by atoms with Crippen LogP contribution in [0.5, 0.6) is 0 Å². The van der Waals surface area contributed by atoms with Crippen LogP contribution in [0.15, 0.2) is 48.8 Å². The maximum atomic E-state index is 12.0. The Bertz CT molecular complexity index is 1090. The summed E-state index contributed by atoms with van der Waals surface area (Å²) in [5, 5.41) is 15.8. The molecule has 1 N–H and O–H groups in total. The molecule has 1 aromatic heterocycles. The van der Waals surface area contributed by atoms with Gasteiger partial charge >= 0.3 is 5.69 Å². The van der Waals surface area contributed by atoms with Crippen molar-refractivity contribution in [3.8, 4) is 0 Å². The Morgan fingerprint density at radius 2 is 1.68 bits per heavy atom. The molecule has 160 valence electrons. The molecule has 1 aliphatic heterocycles. The number of aromatic nitrogens is 2. The van der Waals surface area contributed by atoms with Crippen molar-refractivity contribution in [2.24, 2.45) is 0 Å². The standard InChI is InChI=1S/C22H23ClN6O2/c1-15-10-16(2)12-18(11-15)26-21-20(29(30)31)22(25-14-24-21)28-8-6-27(7-9-28)19-5-3-4-17(23)13-19/h3-5,10-14H,6-9H2,1-2H3,(H,24,25,26). The van der Waals surface area contributed by atoms with E-state index in [1.165, 1.54) is 6.33 Å². The van der Waals surface area contributed by atoms with Crippen LogP contribution < -0.4 is 15.1 Å². The molecule has 4 rings (SSSR count). The van der Waals surface area contributed by atoms with Crippen molar-refractivity contribution < 1.29 is 4.92 Å². The van der Waals surface area contributed by atoms with E-state index in [4.69, 9.17) is 11.6 Å². The van der Waals surface area contributed by atoms with Crippen molar-refractivity contribution in [3.05, 3.63) is 75.1 Å². The van der Waals surface area contributed by atoms with Gasteiger partial charge in [0, 0.05) is 42.6 Å². The average molecular weight is 439 g/mol. The molecule has 0 bridgehead atoms. The van der Waals surface area contributed by atoms with Crippen molar-refractivity contribution in [3.63, 3.8) is 0 Å². The lowest BCUT2D eigenvalue weighted by molar-refractivity contribution is -0.383. The number of nitrogens with zero attached hydrogens (tertiary/aromatic N) is 5. The van der Waals surface area contributed by atoms with E-state index in [0.29, 0.717) is 37.0 Å². The average Bonchev–Trinajstić information content (AvgIpc) is 2.73. The van der Waals surface area contributed by atoms with E-state index >= 15 is 0 Å². The van der Waals surface area contributed by atoms with Crippen LogP contribution in [-0.2, 0) is 0 Å². The minimum absolute atomic E-state index is 0.113. The predicted octanol–water partition coefficient (Wildman–Crippen LogP) is 4.73. The fraction of sp³-hybridized carbons (Fsp3) is 0.273. The quantitative estimate of drug-likeness (QED) is 0.455. The topological polar surface area (TPSA) is 87.4 Å². The molecular weight excluding hydrogens is 416 g/mol. The zero-order chi connectivity index (χ0) is 22.0. The zero-order valence-electron chi connectivity index (χ0n) is 17.4. The Labute approximate surface area is 185 Å². The van der Waals surface area contributed by atoms with Gasteiger partial charge in [0.1, 0.15) is 6.33 Å². The molecule has 0 amide bonds. The number of hydrogen-bond acceptors (Lipinski definition) is 7. The highest BCUT2D eigenvalue weighted by Crippen LogP contribution is 2.34. The first kappa shape index (κ1) is 20.9. The largest absolute Gasteiger partial charge is 0.368 e. The molecule has 9 heteroatoms. The van der Waals surface area contributed by atoms with Gasteiger partial charge in [0.15, 0.2) is 0 Å². The molecule has 0 aliphatic carbocycles. The van der Waals surface area contributed by atoms with Crippen LogP contribution in [-0.4, -0.2) is 41.1 Å². The molecule has 8 nitrogen and oxygen atoms in total. The van der Waals surface area contributed by atoms with E-state index < -0.39 is 4.92 Å². The van der Waals surface area contributed by atoms with E-state index in [9.17, 15) is 10.1 Å². The third-order valence-electron chi connectivity index (χ3n) is 5.22. The smallest absolute Gasteiger partial charge is 0.353 e. The molecule has 2 aromatic carbocycles. The maximum Gasteiger partial charge on any atom is 0.353 e. The van der Waals surface area contributed by atoms with Gasteiger partial charge in [0.25, 0.3) is 0 Å².